The Kier molecular flexibility index (Phi) is 7.62. The molecule has 3 aromatic rings. The summed E-state index contributed by atoms with van der Waals surface area (Å²) in [5.74, 6) is 1.13. The molecule has 0 aliphatic rings. The second kappa shape index (κ2) is 9.48. The van der Waals surface area contributed by atoms with Crippen molar-refractivity contribution in [3.05, 3.63) is 47.8 Å². The summed E-state index contributed by atoms with van der Waals surface area (Å²) in [6.45, 7) is 4.78. The number of hydrogen-bond donors (Lipinski definition) is 1. The summed E-state index contributed by atoms with van der Waals surface area (Å²) in [7, 11) is -1.28. The Morgan fingerprint density at radius 2 is 2.04 bits per heavy atom. The van der Waals surface area contributed by atoms with Crippen LogP contribution in [0.25, 0.3) is 11.0 Å². The number of para-hydroxylation sites is 2. The SMILES string of the molecule is CCCCOc1ccnc(CS(=O)c2nc3ccccc3[nH]2)c1C.[Na]. The topological polar surface area (TPSA) is 67.9 Å². The number of imidazole rings is 1. The monoisotopic (exact) mass is 366 g/mol. The maximum atomic E-state index is 12.6. The maximum absolute atomic E-state index is 12.6. The third-order valence-electron chi connectivity index (χ3n) is 3.87. The van der Waals surface area contributed by atoms with E-state index in [0.717, 1.165) is 40.9 Å². The number of nitrogens with zero attached hydrogens (tertiary/aromatic N) is 2. The standard InChI is InChI=1S/C18H21N3O2S.Na/c1-3-4-11-23-17-9-10-19-16(13(17)2)12-24(22)18-20-14-7-5-6-8-15(14)21-18;/h5-10H,3-4,11-12H2,1-2H3,(H,20,21);. The van der Waals surface area contributed by atoms with E-state index in [2.05, 4.69) is 21.9 Å². The number of rotatable bonds is 7. The van der Waals surface area contributed by atoms with Crippen LogP contribution in [0.2, 0.25) is 0 Å². The van der Waals surface area contributed by atoms with Crippen LogP contribution in [0, 0.1) is 6.92 Å². The smallest absolute Gasteiger partial charge is 0.197 e. The molecule has 0 aliphatic heterocycles. The molecule has 0 spiro atoms. The summed E-state index contributed by atoms with van der Waals surface area (Å²) >= 11 is 0. The predicted molar refractivity (Wildman–Crippen MR) is 101 cm³/mol. The van der Waals surface area contributed by atoms with Crippen molar-refractivity contribution >= 4 is 51.4 Å². The summed E-state index contributed by atoms with van der Waals surface area (Å²) in [6, 6.07) is 9.53. The first-order valence-electron chi connectivity index (χ1n) is 8.09. The van der Waals surface area contributed by atoms with Crippen LogP contribution in [0.5, 0.6) is 5.75 Å². The van der Waals surface area contributed by atoms with Gasteiger partial charge in [-0.25, -0.2) is 4.98 Å². The van der Waals surface area contributed by atoms with Gasteiger partial charge in [0.05, 0.1) is 39.9 Å². The summed E-state index contributed by atoms with van der Waals surface area (Å²) < 4.78 is 18.4. The molecular weight excluding hydrogens is 345 g/mol. The number of ether oxygens (including phenoxy) is 1. The fraction of sp³-hybridized carbons (Fsp3) is 0.333. The van der Waals surface area contributed by atoms with Crippen LogP contribution in [0.4, 0.5) is 0 Å². The van der Waals surface area contributed by atoms with Gasteiger partial charge in [0, 0.05) is 41.3 Å². The molecule has 25 heavy (non-hydrogen) atoms. The molecule has 0 amide bonds. The second-order valence-electron chi connectivity index (χ2n) is 5.63. The molecule has 1 unspecified atom stereocenters. The molecule has 1 N–H and O–H groups in total. The van der Waals surface area contributed by atoms with Crippen molar-refractivity contribution in [1.29, 1.82) is 0 Å². The summed E-state index contributed by atoms with van der Waals surface area (Å²) in [4.78, 5) is 11.9. The van der Waals surface area contributed by atoms with Gasteiger partial charge in [-0.05, 0) is 31.5 Å². The van der Waals surface area contributed by atoms with Gasteiger partial charge < -0.3 is 9.72 Å². The van der Waals surface area contributed by atoms with Gasteiger partial charge in [0.25, 0.3) is 0 Å². The van der Waals surface area contributed by atoms with E-state index in [1.54, 1.807) is 6.20 Å². The molecule has 0 aliphatic carbocycles. The Morgan fingerprint density at radius 1 is 1.24 bits per heavy atom. The number of aromatic amines is 1. The van der Waals surface area contributed by atoms with E-state index in [1.807, 2.05) is 37.3 Å². The van der Waals surface area contributed by atoms with Crippen molar-refractivity contribution in [3.8, 4) is 5.75 Å². The van der Waals surface area contributed by atoms with Crippen LogP contribution in [0.15, 0.2) is 41.7 Å². The van der Waals surface area contributed by atoms with Crippen molar-refractivity contribution in [2.75, 3.05) is 6.61 Å². The molecule has 2 aromatic heterocycles. The average Bonchev–Trinajstić information content (AvgIpc) is 3.02. The second-order valence-corrected chi connectivity index (χ2v) is 7.00. The molecule has 3 rings (SSSR count). The minimum Gasteiger partial charge on any atom is -0.493 e. The van der Waals surface area contributed by atoms with Crippen LogP contribution in [0.3, 0.4) is 0 Å². The molecular formula is C18H21N3NaO2S. The fourth-order valence-corrected chi connectivity index (χ4v) is 3.52. The van der Waals surface area contributed by atoms with Crippen molar-refractivity contribution in [1.82, 2.24) is 15.0 Å². The van der Waals surface area contributed by atoms with Crippen LogP contribution in [0.1, 0.15) is 31.0 Å². The zero-order valence-electron chi connectivity index (χ0n) is 14.9. The third-order valence-corrected chi connectivity index (χ3v) is 5.03. The normalized spacial score (nSPS) is 11.9. The van der Waals surface area contributed by atoms with Crippen molar-refractivity contribution in [2.24, 2.45) is 0 Å². The molecule has 0 bridgehead atoms. The molecule has 1 atom stereocenters. The van der Waals surface area contributed by atoms with Crippen molar-refractivity contribution in [3.63, 3.8) is 0 Å². The van der Waals surface area contributed by atoms with Gasteiger partial charge in [0.1, 0.15) is 5.75 Å². The average molecular weight is 366 g/mol. The number of fused-ring (bicyclic) bond motifs is 1. The van der Waals surface area contributed by atoms with Gasteiger partial charge >= 0.3 is 0 Å². The van der Waals surface area contributed by atoms with Crippen LogP contribution < -0.4 is 4.74 Å². The van der Waals surface area contributed by atoms with Crippen molar-refractivity contribution in [2.45, 2.75) is 37.6 Å². The Balaban J connectivity index is 0.00000225. The number of unbranched alkanes of at least 4 members (excludes halogenated alkanes) is 1. The summed E-state index contributed by atoms with van der Waals surface area (Å²) in [6.07, 6.45) is 3.81. The van der Waals surface area contributed by atoms with E-state index < -0.39 is 10.8 Å². The zero-order valence-corrected chi connectivity index (χ0v) is 17.7. The third kappa shape index (κ3) is 4.91. The van der Waals surface area contributed by atoms with Gasteiger partial charge in [0.15, 0.2) is 5.16 Å². The number of nitrogens with one attached hydrogen (secondary N) is 1. The first kappa shape index (κ1) is 20.1. The summed E-state index contributed by atoms with van der Waals surface area (Å²) in [5, 5.41) is 0.481. The van der Waals surface area contributed by atoms with Crippen LogP contribution in [-0.2, 0) is 16.6 Å². The van der Waals surface area contributed by atoms with Gasteiger partial charge in [0.2, 0.25) is 0 Å². The molecule has 7 heteroatoms. The van der Waals surface area contributed by atoms with E-state index in [0.29, 0.717) is 17.5 Å². The molecule has 1 radical (unpaired) electrons. The molecule has 0 saturated heterocycles. The Bertz CT molecular complexity index is 833. The quantitative estimate of drug-likeness (QED) is 0.514. The van der Waals surface area contributed by atoms with Gasteiger partial charge in [-0.3, -0.25) is 9.19 Å². The van der Waals surface area contributed by atoms with Gasteiger partial charge in [-0.1, -0.05) is 25.5 Å². The largest absolute Gasteiger partial charge is 0.493 e. The van der Waals surface area contributed by atoms with E-state index >= 15 is 0 Å². The Hall–Kier alpha value is -1.21. The van der Waals surface area contributed by atoms with Crippen molar-refractivity contribution < 1.29 is 8.95 Å². The first-order chi connectivity index (χ1) is 11.7. The minimum absolute atomic E-state index is 0. The predicted octanol–water partition coefficient (Wildman–Crippen LogP) is 3.37. The molecule has 0 fully saturated rings. The van der Waals surface area contributed by atoms with Gasteiger partial charge in [-0.2, -0.15) is 0 Å². The number of benzene rings is 1. The van der Waals surface area contributed by atoms with Crippen LogP contribution >= 0.6 is 0 Å². The number of H-pyrrole nitrogens is 1. The van der Waals surface area contributed by atoms with E-state index in [1.165, 1.54) is 0 Å². The van der Waals surface area contributed by atoms with E-state index in [4.69, 9.17) is 4.74 Å². The maximum Gasteiger partial charge on any atom is 0.197 e. The molecule has 2 heterocycles. The number of pyridine rings is 1. The van der Waals surface area contributed by atoms with E-state index in [9.17, 15) is 4.21 Å². The Labute approximate surface area is 172 Å². The summed E-state index contributed by atoms with van der Waals surface area (Å²) in [5.41, 5.74) is 3.44. The Morgan fingerprint density at radius 3 is 2.80 bits per heavy atom. The molecule has 0 saturated carbocycles. The van der Waals surface area contributed by atoms with Crippen LogP contribution in [-0.4, -0.2) is 55.3 Å². The molecule has 1 aromatic carbocycles. The van der Waals surface area contributed by atoms with Gasteiger partial charge in [-0.15, -0.1) is 0 Å². The van der Waals surface area contributed by atoms with E-state index in [-0.39, 0.29) is 29.6 Å². The minimum atomic E-state index is -1.28. The first-order valence-corrected chi connectivity index (χ1v) is 9.41. The number of aromatic nitrogens is 3. The number of hydrogen-bond acceptors (Lipinski definition) is 4. The molecule has 5 nitrogen and oxygen atoms in total. The fourth-order valence-electron chi connectivity index (χ4n) is 2.42. The zero-order chi connectivity index (χ0) is 16.9. The molecule has 127 valence electrons.